The van der Waals surface area contributed by atoms with E-state index < -0.39 is 9.84 Å². The number of furan rings is 1. The van der Waals surface area contributed by atoms with E-state index in [0.29, 0.717) is 32.2 Å². The normalized spacial score (nSPS) is 23.5. The largest absolute Gasteiger partial charge is 0.457 e. The van der Waals surface area contributed by atoms with Gasteiger partial charge < -0.3 is 4.42 Å². The number of amides is 1. The van der Waals surface area contributed by atoms with Crippen molar-refractivity contribution in [3.8, 4) is 11.3 Å². The zero-order chi connectivity index (χ0) is 19.2. The molecule has 3 heterocycles. The minimum Gasteiger partial charge on any atom is -0.457 e. The van der Waals surface area contributed by atoms with Gasteiger partial charge in [-0.05, 0) is 30.7 Å². The fourth-order valence-electron chi connectivity index (χ4n) is 3.14. The lowest BCUT2D eigenvalue weighted by molar-refractivity contribution is -0.123. The van der Waals surface area contributed by atoms with Crippen molar-refractivity contribution in [3.05, 3.63) is 52.1 Å². The quantitative estimate of drug-likeness (QED) is 0.532. The summed E-state index contributed by atoms with van der Waals surface area (Å²) in [7, 11) is -3.10. The Morgan fingerprint density at radius 1 is 1.26 bits per heavy atom. The van der Waals surface area contributed by atoms with Crippen LogP contribution in [0.2, 0.25) is 5.02 Å². The molecule has 4 rings (SSSR count). The summed E-state index contributed by atoms with van der Waals surface area (Å²) in [6.07, 6.45) is 2.04. The van der Waals surface area contributed by atoms with Crippen LogP contribution in [0.25, 0.3) is 17.4 Å². The van der Waals surface area contributed by atoms with Crippen LogP contribution >= 0.6 is 35.6 Å². The van der Waals surface area contributed by atoms with Crippen LogP contribution in [0.1, 0.15) is 12.2 Å². The standard InChI is InChI=1S/C18H14ClNO4S3/c19-14-4-2-1-3-13(14)15-6-5-12(24-15)9-16-17(21)20(18(25)26-16)11-7-8-27(22,23)10-11/h1-6,9,11H,7-8,10H2/b16-9+/t11-/m1/s1. The van der Waals surface area contributed by atoms with Crippen molar-refractivity contribution in [1.29, 1.82) is 0 Å². The summed E-state index contributed by atoms with van der Waals surface area (Å²) in [5.74, 6) is 0.883. The first kappa shape index (κ1) is 18.7. The van der Waals surface area contributed by atoms with E-state index in [1.165, 1.54) is 4.90 Å². The van der Waals surface area contributed by atoms with Crippen LogP contribution in [0.15, 0.2) is 45.7 Å². The molecule has 5 nitrogen and oxygen atoms in total. The lowest BCUT2D eigenvalue weighted by Gasteiger charge is -2.20. The van der Waals surface area contributed by atoms with E-state index >= 15 is 0 Å². The molecule has 1 aromatic carbocycles. The second-order valence-corrected chi connectivity index (χ2v) is 10.6. The van der Waals surface area contributed by atoms with Crippen LogP contribution in [0.3, 0.4) is 0 Å². The average Bonchev–Trinajstić information content (AvgIpc) is 3.27. The number of rotatable bonds is 3. The van der Waals surface area contributed by atoms with E-state index in [1.807, 2.05) is 18.2 Å². The predicted molar refractivity (Wildman–Crippen MR) is 111 cm³/mol. The Morgan fingerprint density at radius 2 is 2.04 bits per heavy atom. The summed E-state index contributed by atoms with van der Waals surface area (Å²) in [6, 6.07) is 10.5. The Bertz CT molecular complexity index is 1070. The van der Waals surface area contributed by atoms with E-state index in [2.05, 4.69) is 0 Å². The summed E-state index contributed by atoms with van der Waals surface area (Å²) in [5.41, 5.74) is 0.766. The maximum Gasteiger partial charge on any atom is 0.266 e. The molecule has 0 radical (unpaired) electrons. The summed E-state index contributed by atoms with van der Waals surface area (Å²) in [6.45, 7) is 0. The second kappa shape index (κ2) is 7.09. The van der Waals surface area contributed by atoms with Gasteiger partial charge in [-0.15, -0.1) is 0 Å². The van der Waals surface area contributed by atoms with Crippen molar-refractivity contribution in [3.63, 3.8) is 0 Å². The van der Waals surface area contributed by atoms with E-state index in [4.69, 9.17) is 28.2 Å². The molecule has 1 amide bonds. The van der Waals surface area contributed by atoms with Crippen LogP contribution in [0, 0.1) is 0 Å². The van der Waals surface area contributed by atoms with Crippen LogP contribution in [0.4, 0.5) is 0 Å². The molecular formula is C18H14ClNO4S3. The number of benzene rings is 1. The number of halogens is 1. The van der Waals surface area contributed by atoms with Gasteiger partial charge in [0.1, 0.15) is 15.8 Å². The highest BCUT2D eigenvalue weighted by Gasteiger charge is 2.42. The van der Waals surface area contributed by atoms with E-state index in [-0.39, 0.29) is 23.5 Å². The first-order valence-electron chi connectivity index (χ1n) is 8.16. The number of hydrogen-bond acceptors (Lipinski definition) is 6. The Kier molecular flexibility index (Phi) is 4.92. The van der Waals surface area contributed by atoms with Crippen molar-refractivity contribution in [1.82, 2.24) is 4.90 Å². The molecule has 2 fully saturated rings. The van der Waals surface area contributed by atoms with Gasteiger partial charge in [0.15, 0.2) is 9.84 Å². The van der Waals surface area contributed by atoms with Gasteiger partial charge in [0.2, 0.25) is 0 Å². The molecule has 2 saturated heterocycles. The third-order valence-electron chi connectivity index (χ3n) is 4.44. The molecule has 1 aromatic heterocycles. The summed E-state index contributed by atoms with van der Waals surface area (Å²) >= 11 is 12.7. The topological polar surface area (TPSA) is 67.6 Å². The van der Waals surface area contributed by atoms with Gasteiger partial charge in [-0.25, -0.2) is 8.42 Å². The van der Waals surface area contributed by atoms with Crippen LogP contribution < -0.4 is 0 Å². The molecule has 0 aliphatic carbocycles. The van der Waals surface area contributed by atoms with Gasteiger partial charge in [0, 0.05) is 11.6 Å². The van der Waals surface area contributed by atoms with Crippen LogP contribution in [-0.2, 0) is 14.6 Å². The van der Waals surface area contributed by atoms with Gasteiger partial charge in [-0.2, -0.15) is 0 Å². The number of nitrogens with zero attached hydrogens (tertiary/aromatic N) is 1. The van der Waals surface area contributed by atoms with Crippen molar-refractivity contribution >= 4 is 61.7 Å². The monoisotopic (exact) mass is 439 g/mol. The molecule has 0 bridgehead atoms. The molecule has 0 spiro atoms. The molecule has 0 unspecified atom stereocenters. The molecule has 2 aromatic rings. The third kappa shape index (κ3) is 3.71. The number of hydrogen-bond donors (Lipinski definition) is 0. The lowest BCUT2D eigenvalue weighted by atomic mass is 10.2. The molecular weight excluding hydrogens is 426 g/mol. The van der Waals surface area contributed by atoms with Crippen molar-refractivity contribution in [2.75, 3.05) is 11.5 Å². The highest BCUT2D eigenvalue weighted by molar-refractivity contribution is 8.26. The Morgan fingerprint density at radius 3 is 2.74 bits per heavy atom. The van der Waals surface area contributed by atoms with Gasteiger partial charge >= 0.3 is 0 Å². The number of thioether (sulfide) groups is 1. The molecule has 9 heteroatoms. The maximum absolute atomic E-state index is 12.7. The number of sulfone groups is 1. The molecule has 2 aliphatic rings. The van der Waals surface area contributed by atoms with Crippen molar-refractivity contribution in [2.45, 2.75) is 12.5 Å². The van der Waals surface area contributed by atoms with Gasteiger partial charge in [-0.3, -0.25) is 9.69 Å². The molecule has 27 heavy (non-hydrogen) atoms. The van der Waals surface area contributed by atoms with E-state index in [9.17, 15) is 13.2 Å². The Balaban J connectivity index is 1.58. The van der Waals surface area contributed by atoms with Gasteiger partial charge in [-0.1, -0.05) is 47.7 Å². The zero-order valence-electron chi connectivity index (χ0n) is 13.9. The molecule has 1 atom stereocenters. The van der Waals surface area contributed by atoms with Crippen LogP contribution in [-0.4, -0.2) is 41.1 Å². The fraction of sp³-hybridized carbons (Fsp3) is 0.222. The second-order valence-electron chi connectivity index (χ2n) is 6.29. The SMILES string of the molecule is O=C1/C(=C\c2ccc(-c3ccccc3Cl)o2)SC(=S)N1[C@@H]1CCS(=O)(=O)C1. The summed E-state index contributed by atoms with van der Waals surface area (Å²) in [5, 5.41) is 0.576. The average molecular weight is 440 g/mol. The predicted octanol–water partition coefficient (Wildman–Crippen LogP) is 3.99. The third-order valence-corrected chi connectivity index (χ3v) is 7.85. The molecule has 0 N–H and O–H groups in total. The van der Waals surface area contributed by atoms with Crippen LogP contribution in [0.5, 0.6) is 0 Å². The first-order chi connectivity index (χ1) is 12.8. The number of carbonyl (C=O) groups excluding carboxylic acids is 1. The highest BCUT2D eigenvalue weighted by atomic mass is 35.5. The van der Waals surface area contributed by atoms with Gasteiger partial charge in [0.25, 0.3) is 5.91 Å². The minimum absolute atomic E-state index is 0.0376. The number of carbonyl (C=O) groups is 1. The highest BCUT2D eigenvalue weighted by Crippen LogP contribution is 2.37. The smallest absolute Gasteiger partial charge is 0.266 e. The Hall–Kier alpha value is -1.61. The van der Waals surface area contributed by atoms with Crippen molar-refractivity contribution < 1.29 is 17.6 Å². The fourth-order valence-corrected chi connectivity index (χ4v) is 6.45. The van der Waals surface area contributed by atoms with E-state index in [1.54, 1.807) is 24.3 Å². The Labute approximate surface area is 171 Å². The molecule has 2 aliphatic heterocycles. The summed E-state index contributed by atoms with van der Waals surface area (Å²) in [4.78, 5) is 14.6. The molecule has 140 valence electrons. The van der Waals surface area contributed by atoms with Crippen molar-refractivity contribution in [2.24, 2.45) is 0 Å². The van der Waals surface area contributed by atoms with E-state index in [0.717, 1.165) is 17.3 Å². The minimum atomic E-state index is -3.10. The number of thiocarbonyl (C=S) groups is 1. The lowest BCUT2D eigenvalue weighted by Crippen LogP contribution is -2.39. The summed E-state index contributed by atoms with van der Waals surface area (Å²) < 4.78 is 29.6. The molecule has 0 saturated carbocycles. The zero-order valence-corrected chi connectivity index (χ0v) is 17.1. The first-order valence-corrected chi connectivity index (χ1v) is 11.6. The maximum atomic E-state index is 12.7. The van der Waals surface area contributed by atoms with Gasteiger partial charge in [0.05, 0.1) is 27.5 Å².